The molecular formula is C30H46O12S4. The van der Waals surface area contributed by atoms with E-state index in [2.05, 4.69) is 41.5 Å². The van der Waals surface area contributed by atoms with Gasteiger partial charge in [-0.25, -0.2) is 0 Å². The molecule has 2 atom stereocenters. The Morgan fingerprint density at radius 1 is 0.652 bits per heavy atom. The third kappa shape index (κ3) is 9.94. The van der Waals surface area contributed by atoms with E-state index in [4.69, 9.17) is 37.5 Å². The second-order valence-corrected chi connectivity index (χ2v) is 18.7. The number of thiophene rings is 2. The van der Waals surface area contributed by atoms with Gasteiger partial charge in [-0.2, -0.15) is 16.8 Å². The molecule has 0 bridgehead atoms. The molecule has 0 amide bonds. The van der Waals surface area contributed by atoms with Crippen LogP contribution in [0.3, 0.4) is 0 Å². The van der Waals surface area contributed by atoms with Crippen LogP contribution in [0.5, 0.6) is 23.0 Å². The van der Waals surface area contributed by atoms with Gasteiger partial charge in [0.05, 0.1) is 44.2 Å². The van der Waals surface area contributed by atoms with Gasteiger partial charge in [-0.1, -0.05) is 41.5 Å². The second-order valence-electron chi connectivity index (χ2n) is 13.5. The molecule has 0 spiro atoms. The summed E-state index contributed by atoms with van der Waals surface area (Å²) in [5, 5.41) is 0. The SMILES string of the molecule is CC(C)(C)c1sc(-c2sc(C(C)(C)C)c3c2OC(COCCCCS(=O)(=O)O)C(COCCCCS(=O)(=O)O)O3)c2c1OCCO2. The first-order valence-electron chi connectivity index (χ1n) is 15.3. The number of hydrogen-bond donors (Lipinski definition) is 2. The van der Waals surface area contributed by atoms with E-state index in [0.717, 1.165) is 25.3 Å². The van der Waals surface area contributed by atoms with E-state index in [0.29, 0.717) is 43.3 Å². The normalized spacial score (nSPS) is 18.6. The lowest BCUT2D eigenvalue weighted by Crippen LogP contribution is -2.46. The number of hydrogen-bond acceptors (Lipinski definition) is 12. The lowest BCUT2D eigenvalue weighted by atomic mass is 9.93. The van der Waals surface area contributed by atoms with Crippen molar-refractivity contribution in [2.45, 2.75) is 90.3 Å². The molecule has 0 aromatic carbocycles. The fourth-order valence-electron chi connectivity index (χ4n) is 4.97. The standard InChI is InChI=1S/C30H46O12S4/c1-29(2,3)27-23-21(39-13-14-40-23)25(43-27)26-22-24(28(44-26)30(4,5)6)42-20(18-38-12-8-10-16-46(34,35)36)19(41-22)17-37-11-7-9-15-45(31,32)33/h19-20H,7-18H2,1-6H3,(H,31,32,33)(H,34,35,36). The molecule has 46 heavy (non-hydrogen) atoms. The first-order chi connectivity index (χ1) is 21.4. The Hall–Kier alpha value is -1.66. The van der Waals surface area contributed by atoms with Crippen molar-refractivity contribution in [3.8, 4) is 32.8 Å². The number of ether oxygens (including phenoxy) is 6. The molecule has 262 valence electrons. The molecule has 2 N–H and O–H groups in total. The molecule has 0 fully saturated rings. The van der Waals surface area contributed by atoms with Gasteiger partial charge in [0.1, 0.15) is 13.2 Å². The van der Waals surface area contributed by atoms with Crippen LogP contribution in [0.1, 0.15) is 77.0 Å². The Labute approximate surface area is 280 Å². The Balaban J connectivity index is 1.61. The summed E-state index contributed by atoms with van der Waals surface area (Å²) in [5.41, 5.74) is -0.458. The topological polar surface area (TPSA) is 164 Å². The van der Waals surface area contributed by atoms with Crippen molar-refractivity contribution in [3.05, 3.63) is 9.75 Å². The quantitative estimate of drug-likeness (QED) is 0.170. The molecule has 2 aliphatic heterocycles. The van der Waals surface area contributed by atoms with Crippen LogP contribution in [0.15, 0.2) is 0 Å². The van der Waals surface area contributed by atoms with Crippen LogP contribution in [0.4, 0.5) is 0 Å². The van der Waals surface area contributed by atoms with Crippen molar-refractivity contribution in [1.82, 2.24) is 0 Å². The molecule has 2 aromatic rings. The molecule has 2 unspecified atom stereocenters. The second kappa shape index (κ2) is 14.8. The fourth-order valence-corrected chi connectivity index (χ4v) is 8.70. The molecule has 16 heteroatoms. The van der Waals surface area contributed by atoms with E-state index < -0.39 is 32.4 Å². The van der Waals surface area contributed by atoms with Crippen LogP contribution in [-0.4, -0.2) is 89.3 Å². The van der Waals surface area contributed by atoms with Crippen LogP contribution in [0, 0.1) is 0 Å². The van der Waals surface area contributed by atoms with Crippen molar-refractivity contribution in [1.29, 1.82) is 0 Å². The van der Waals surface area contributed by atoms with Gasteiger partial charge in [0.15, 0.2) is 35.2 Å². The highest BCUT2D eigenvalue weighted by atomic mass is 32.2. The summed E-state index contributed by atoms with van der Waals surface area (Å²) in [4.78, 5) is 3.87. The largest absolute Gasteiger partial charge is 0.485 e. The van der Waals surface area contributed by atoms with E-state index >= 15 is 0 Å². The number of unbranched alkanes of at least 4 members (excludes halogenated alkanes) is 2. The summed E-state index contributed by atoms with van der Waals surface area (Å²) in [6.07, 6.45) is 0.244. The Morgan fingerprint density at radius 3 is 1.52 bits per heavy atom. The minimum absolute atomic E-state index is 0.137. The van der Waals surface area contributed by atoms with E-state index in [1.165, 1.54) is 0 Å². The predicted molar refractivity (Wildman–Crippen MR) is 178 cm³/mol. The maximum absolute atomic E-state index is 11.1. The summed E-state index contributed by atoms with van der Waals surface area (Å²) in [6, 6.07) is 0. The lowest BCUT2D eigenvalue weighted by Gasteiger charge is -2.34. The zero-order valence-corrected chi connectivity index (χ0v) is 30.5. The van der Waals surface area contributed by atoms with Gasteiger partial charge in [-0.05, 0) is 25.7 Å². The van der Waals surface area contributed by atoms with Crippen molar-refractivity contribution in [2.24, 2.45) is 0 Å². The third-order valence-electron chi connectivity index (χ3n) is 7.19. The van der Waals surface area contributed by atoms with Gasteiger partial charge >= 0.3 is 0 Å². The molecule has 0 saturated heterocycles. The fraction of sp³-hybridized carbons (Fsp3) is 0.733. The Morgan fingerprint density at radius 2 is 1.07 bits per heavy atom. The maximum atomic E-state index is 11.1. The number of fused-ring (bicyclic) bond motifs is 2. The van der Waals surface area contributed by atoms with Crippen molar-refractivity contribution in [2.75, 3.05) is 51.1 Å². The Bertz CT molecular complexity index is 1540. The summed E-state index contributed by atoms with van der Waals surface area (Å²) >= 11 is 3.22. The smallest absolute Gasteiger partial charge is 0.264 e. The van der Waals surface area contributed by atoms with Crippen LogP contribution in [0.25, 0.3) is 9.75 Å². The highest BCUT2D eigenvalue weighted by Crippen LogP contribution is 2.61. The van der Waals surface area contributed by atoms with E-state index in [-0.39, 0.29) is 61.6 Å². The van der Waals surface area contributed by atoms with Crippen molar-refractivity contribution in [3.63, 3.8) is 0 Å². The summed E-state index contributed by atoms with van der Waals surface area (Å²) in [7, 11) is -8.07. The monoisotopic (exact) mass is 726 g/mol. The average Bonchev–Trinajstić information content (AvgIpc) is 3.50. The summed E-state index contributed by atoms with van der Waals surface area (Å²) < 4.78 is 99.7. The molecule has 2 aromatic heterocycles. The van der Waals surface area contributed by atoms with Gasteiger partial charge in [-0.3, -0.25) is 9.11 Å². The third-order valence-corrected chi connectivity index (χ3v) is 12.1. The van der Waals surface area contributed by atoms with Crippen LogP contribution in [0.2, 0.25) is 0 Å². The summed E-state index contributed by atoms with van der Waals surface area (Å²) in [6.45, 7) is 14.5. The molecule has 0 saturated carbocycles. The van der Waals surface area contributed by atoms with Crippen LogP contribution < -0.4 is 18.9 Å². The molecule has 12 nitrogen and oxygen atoms in total. The zero-order valence-electron chi connectivity index (χ0n) is 27.2. The van der Waals surface area contributed by atoms with Gasteiger partial charge < -0.3 is 28.4 Å². The molecule has 2 aliphatic rings. The molecule has 0 radical (unpaired) electrons. The highest BCUT2D eigenvalue weighted by molar-refractivity contribution is 7.86. The lowest BCUT2D eigenvalue weighted by molar-refractivity contribution is -0.0664. The van der Waals surface area contributed by atoms with Crippen LogP contribution in [-0.2, 0) is 40.5 Å². The molecule has 4 rings (SSSR count). The van der Waals surface area contributed by atoms with Gasteiger partial charge in [0.25, 0.3) is 20.2 Å². The maximum Gasteiger partial charge on any atom is 0.264 e. The highest BCUT2D eigenvalue weighted by Gasteiger charge is 2.42. The Kier molecular flexibility index (Phi) is 12.0. The van der Waals surface area contributed by atoms with Gasteiger partial charge in [0, 0.05) is 24.0 Å². The minimum Gasteiger partial charge on any atom is -0.485 e. The van der Waals surface area contributed by atoms with Crippen LogP contribution >= 0.6 is 22.7 Å². The van der Waals surface area contributed by atoms with Gasteiger partial charge in [-0.15, -0.1) is 22.7 Å². The molecular weight excluding hydrogens is 681 g/mol. The first kappa shape index (κ1) is 37.2. The minimum atomic E-state index is -4.04. The predicted octanol–water partition coefficient (Wildman–Crippen LogP) is 5.72. The first-order valence-corrected chi connectivity index (χ1v) is 20.2. The molecule has 4 heterocycles. The van der Waals surface area contributed by atoms with Gasteiger partial charge in [0.2, 0.25) is 0 Å². The van der Waals surface area contributed by atoms with E-state index in [1.54, 1.807) is 22.7 Å². The van der Waals surface area contributed by atoms with E-state index in [9.17, 15) is 16.8 Å². The number of rotatable bonds is 15. The molecule has 0 aliphatic carbocycles. The summed E-state index contributed by atoms with van der Waals surface area (Å²) in [5.74, 6) is 2.03. The zero-order chi connectivity index (χ0) is 33.9. The average molecular weight is 727 g/mol. The van der Waals surface area contributed by atoms with Crippen molar-refractivity contribution < 1.29 is 54.4 Å². The van der Waals surface area contributed by atoms with Crippen molar-refractivity contribution >= 4 is 42.9 Å². The van der Waals surface area contributed by atoms with E-state index in [1.807, 2.05) is 0 Å².